The van der Waals surface area contributed by atoms with Crippen LogP contribution in [0.2, 0.25) is 0 Å². The van der Waals surface area contributed by atoms with E-state index in [2.05, 4.69) is 15.6 Å². The monoisotopic (exact) mass is 287 g/mol. The summed E-state index contributed by atoms with van der Waals surface area (Å²) in [5, 5.41) is 5.97. The Morgan fingerprint density at radius 3 is 2.75 bits per heavy atom. The van der Waals surface area contributed by atoms with Gasteiger partial charge < -0.3 is 10.6 Å². The quantitative estimate of drug-likeness (QED) is 0.873. The summed E-state index contributed by atoms with van der Waals surface area (Å²) in [5.41, 5.74) is -0.712. The molecule has 0 aliphatic carbocycles. The Morgan fingerprint density at radius 2 is 2.20 bits per heavy atom. The molecular formula is C13H16F3N3O. The topological polar surface area (TPSA) is 54.0 Å². The van der Waals surface area contributed by atoms with Gasteiger partial charge in [-0.15, -0.1) is 0 Å². The van der Waals surface area contributed by atoms with E-state index in [1.54, 1.807) is 0 Å². The molecule has 1 saturated heterocycles. The maximum absolute atomic E-state index is 12.5. The van der Waals surface area contributed by atoms with E-state index in [-0.39, 0.29) is 23.2 Å². The van der Waals surface area contributed by atoms with Crippen LogP contribution in [-0.4, -0.2) is 30.0 Å². The standard InChI is InChI=1S/C13H16F3N3O/c1-8-10(4-5-11(18-8)13(14,15)16)12(20)19-9-3-2-6-17-7-9/h4-5,9,17H,2-3,6-7H2,1H3,(H,19,20)/t9-/m0/s1. The van der Waals surface area contributed by atoms with E-state index in [0.717, 1.165) is 25.5 Å². The first kappa shape index (κ1) is 14.8. The van der Waals surface area contributed by atoms with Crippen molar-refractivity contribution in [1.82, 2.24) is 15.6 Å². The van der Waals surface area contributed by atoms with Crippen molar-refractivity contribution in [1.29, 1.82) is 0 Å². The molecule has 110 valence electrons. The van der Waals surface area contributed by atoms with Crippen LogP contribution in [0.1, 0.15) is 34.6 Å². The molecule has 1 aliphatic rings. The molecule has 2 heterocycles. The van der Waals surface area contributed by atoms with Gasteiger partial charge >= 0.3 is 6.18 Å². The van der Waals surface area contributed by atoms with E-state index in [0.29, 0.717) is 6.54 Å². The summed E-state index contributed by atoms with van der Waals surface area (Å²) in [5.74, 6) is -0.377. The van der Waals surface area contributed by atoms with Crippen molar-refractivity contribution in [2.24, 2.45) is 0 Å². The summed E-state index contributed by atoms with van der Waals surface area (Å²) in [7, 11) is 0. The van der Waals surface area contributed by atoms with Gasteiger partial charge in [-0.1, -0.05) is 0 Å². The summed E-state index contributed by atoms with van der Waals surface area (Å²) >= 11 is 0. The molecule has 1 fully saturated rings. The molecule has 0 unspecified atom stereocenters. The molecule has 0 bridgehead atoms. The highest BCUT2D eigenvalue weighted by Gasteiger charge is 2.33. The van der Waals surface area contributed by atoms with Gasteiger partial charge in [-0.25, -0.2) is 4.98 Å². The Bertz CT molecular complexity index is 496. The van der Waals surface area contributed by atoms with E-state index >= 15 is 0 Å². The minimum atomic E-state index is -4.49. The number of pyridine rings is 1. The fourth-order valence-electron chi connectivity index (χ4n) is 2.20. The molecular weight excluding hydrogens is 271 g/mol. The van der Waals surface area contributed by atoms with Gasteiger partial charge in [0.15, 0.2) is 0 Å². The van der Waals surface area contributed by atoms with Crippen LogP contribution in [0, 0.1) is 6.92 Å². The van der Waals surface area contributed by atoms with Crippen LogP contribution < -0.4 is 10.6 Å². The lowest BCUT2D eigenvalue weighted by molar-refractivity contribution is -0.141. The van der Waals surface area contributed by atoms with Crippen molar-refractivity contribution in [3.63, 3.8) is 0 Å². The summed E-state index contributed by atoms with van der Waals surface area (Å²) < 4.78 is 37.5. The Hall–Kier alpha value is -1.63. The maximum Gasteiger partial charge on any atom is 0.433 e. The Balaban J connectivity index is 2.10. The molecule has 4 nitrogen and oxygen atoms in total. The highest BCUT2D eigenvalue weighted by Crippen LogP contribution is 2.28. The number of alkyl halides is 3. The molecule has 2 N–H and O–H groups in total. The van der Waals surface area contributed by atoms with E-state index in [1.807, 2.05) is 0 Å². The van der Waals surface area contributed by atoms with Gasteiger partial charge in [0.25, 0.3) is 5.91 Å². The van der Waals surface area contributed by atoms with Gasteiger partial charge in [-0.2, -0.15) is 13.2 Å². The third kappa shape index (κ3) is 3.47. The average Bonchev–Trinajstić information content (AvgIpc) is 2.38. The molecule has 1 aromatic heterocycles. The number of carbonyl (C=O) groups is 1. The highest BCUT2D eigenvalue weighted by atomic mass is 19.4. The van der Waals surface area contributed by atoms with Crippen LogP contribution in [0.4, 0.5) is 13.2 Å². The van der Waals surface area contributed by atoms with Crippen LogP contribution in [0.25, 0.3) is 0 Å². The number of aryl methyl sites for hydroxylation is 1. The number of nitrogens with one attached hydrogen (secondary N) is 2. The molecule has 0 aromatic carbocycles. The number of amides is 1. The summed E-state index contributed by atoms with van der Waals surface area (Å²) in [6, 6.07) is 2.02. The normalized spacial score (nSPS) is 19.7. The highest BCUT2D eigenvalue weighted by molar-refractivity contribution is 5.95. The van der Waals surface area contributed by atoms with Crippen molar-refractivity contribution in [2.75, 3.05) is 13.1 Å². The third-order valence-electron chi connectivity index (χ3n) is 3.25. The molecule has 0 radical (unpaired) electrons. The summed E-state index contributed by atoms with van der Waals surface area (Å²) in [4.78, 5) is 15.5. The van der Waals surface area contributed by atoms with Crippen LogP contribution in [0.3, 0.4) is 0 Å². The fourth-order valence-corrected chi connectivity index (χ4v) is 2.20. The van der Waals surface area contributed by atoms with E-state index in [4.69, 9.17) is 0 Å². The first-order valence-corrected chi connectivity index (χ1v) is 6.44. The van der Waals surface area contributed by atoms with Gasteiger partial charge in [-0.3, -0.25) is 4.79 Å². The molecule has 1 aromatic rings. The molecule has 7 heteroatoms. The van der Waals surface area contributed by atoms with Crippen molar-refractivity contribution in [3.05, 3.63) is 29.1 Å². The Kier molecular flexibility index (Phi) is 4.27. The van der Waals surface area contributed by atoms with Crippen molar-refractivity contribution in [3.8, 4) is 0 Å². The van der Waals surface area contributed by atoms with E-state index in [1.165, 1.54) is 13.0 Å². The molecule has 1 amide bonds. The van der Waals surface area contributed by atoms with Crippen molar-refractivity contribution in [2.45, 2.75) is 32.0 Å². The number of hydrogen-bond donors (Lipinski definition) is 2. The van der Waals surface area contributed by atoms with Gasteiger partial charge in [-0.05, 0) is 38.4 Å². The Labute approximate surface area is 114 Å². The number of aromatic nitrogens is 1. The summed E-state index contributed by atoms with van der Waals surface area (Å²) in [6.07, 6.45) is -2.66. The SMILES string of the molecule is Cc1nc(C(F)(F)F)ccc1C(=O)N[C@H]1CCCNC1. The van der Waals surface area contributed by atoms with Crippen LogP contribution in [0.15, 0.2) is 12.1 Å². The van der Waals surface area contributed by atoms with Crippen LogP contribution in [0.5, 0.6) is 0 Å². The number of carbonyl (C=O) groups excluding carboxylic acids is 1. The van der Waals surface area contributed by atoms with Crippen molar-refractivity contribution >= 4 is 5.91 Å². The molecule has 0 spiro atoms. The average molecular weight is 287 g/mol. The van der Waals surface area contributed by atoms with Crippen LogP contribution >= 0.6 is 0 Å². The lowest BCUT2D eigenvalue weighted by Crippen LogP contribution is -2.45. The van der Waals surface area contributed by atoms with Gasteiger partial charge in [0.1, 0.15) is 5.69 Å². The number of hydrogen-bond acceptors (Lipinski definition) is 3. The molecule has 2 rings (SSSR count). The Morgan fingerprint density at radius 1 is 1.45 bits per heavy atom. The zero-order valence-corrected chi connectivity index (χ0v) is 11.0. The van der Waals surface area contributed by atoms with E-state index < -0.39 is 11.9 Å². The van der Waals surface area contributed by atoms with Gasteiger partial charge in [0, 0.05) is 12.6 Å². The number of rotatable bonds is 2. The second kappa shape index (κ2) is 5.78. The second-order valence-electron chi connectivity index (χ2n) is 4.84. The zero-order chi connectivity index (χ0) is 14.8. The predicted octanol–water partition coefficient (Wildman–Crippen LogP) is 1.89. The third-order valence-corrected chi connectivity index (χ3v) is 3.25. The minimum absolute atomic E-state index is 0.0120. The maximum atomic E-state index is 12.5. The lowest BCUT2D eigenvalue weighted by atomic mass is 10.1. The zero-order valence-electron chi connectivity index (χ0n) is 11.0. The van der Waals surface area contributed by atoms with Crippen molar-refractivity contribution < 1.29 is 18.0 Å². The molecule has 1 aliphatic heterocycles. The predicted molar refractivity (Wildman–Crippen MR) is 67.3 cm³/mol. The fraction of sp³-hybridized carbons (Fsp3) is 0.538. The summed E-state index contributed by atoms with van der Waals surface area (Å²) in [6.45, 7) is 3.01. The number of piperidine rings is 1. The molecule has 20 heavy (non-hydrogen) atoms. The minimum Gasteiger partial charge on any atom is -0.348 e. The first-order valence-electron chi connectivity index (χ1n) is 6.44. The lowest BCUT2D eigenvalue weighted by Gasteiger charge is -2.24. The van der Waals surface area contributed by atoms with Gasteiger partial charge in [0.05, 0.1) is 11.3 Å². The van der Waals surface area contributed by atoms with Crippen LogP contribution in [-0.2, 0) is 6.18 Å². The smallest absolute Gasteiger partial charge is 0.348 e. The largest absolute Gasteiger partial charge is 0.433 e. The number of nitrogens with zero attached hydrogens (tertiary/aromatic N) is 1. The number of halogens is 3. The molecule has 1 atom stereocenters. The first-order chi connectivity index (χ1) is 9.38. The van der Waals surface area contributed by atoms with Gasteiger partial charge in [0.2, 0.25) is 0 Å². The molecule has 0 saturated carbocycles. The van der Waals surface area contributed by atoms with E-state index in [9.17, 15) is 18.0 Å². The second-order valence-corrected chi connectivity index (χ2v) is 4.84.